The lowest BCUT2D eigenvalue weighted by atomic mass is 9.84. The first kappa shape index (κ1) is 13.7. The molecule has 0 saturated carbocycles. The summed E-state index contributed by atoms with van der Waals surface area (Å²) >= 11 is 6.98. The van der Waals surface area contributed by atoms with Gasteiger partial charge in [-0.3, -0.25) is 0 Å². The van der Waals surface area contributed by atoms with Crippen molar-refractivity contribution in [2.45, 2.75) is 32.6 Å². The van der Waals surface area contributed by atoms with Crippen LogP contribution in [-0.4, -0.2) is 0 Å². The molecule has 86 valence electrons. The molecule has 0 saturated heterocycles. The molecule has 0 spiro atoms. The molecular formula is C13H15Br2N. The van der Waals surface area contributed by atoms with Crippen LogP contribution in [0, 0.1) is 17.2 Å². The van der Waals surface area contributed by atoms with Gasteiger partial charge >= 0.3 is 0 Å². The maximum absolute atomic E-state index is 8.91. The van der Waals surface area contributed by atoms with Crippen LogP contribution in [0.1, 0.15) is 38.2 Å². The van der Waals surface area contributed by atoms with E-state index in [-0.39, 0.29) is 0 Å². The third-order valence-corrected chi connectivity index (χ3v) is 3.87. The minimum absolute atomic E-state index is 0.323. The van der Waals surface area contributed by atoms with Gasteiger partial charge in [-0.2, -0.15) is 5.26 Å². The van der Waals surface area contributed by atoms with E-state index in [1.54, 1.807) is 0 Å². The minimum atomic E-state index is 0.323. The van der Waals surface area contributed by atoms with Gasteiger partial charge in [0.25, 0.3) is 0 Å². The van der Waals surface area contributed by atoms with Crippen molar-refractivity contribution in [2.24, 2.45) is 5.92 Å². The molecule has 0 bridgehead atoms. The van der Waals surface area contributed by atoms with E-state index in [9.17, 15) is 0 Å². The molecule has 0 fully saturated rings. The maximum atomic E-state index is 8.91. The zero-order valence-corrected chi connectivity index (χ0v) is 12.7. The molecule has 1 aromatic carbocycles. The summed E-state index contributed by atoms with van der Waals surface area (Å²) in [5, 5.41) is 8.91. The molecule has 0 heterocycles. The summed E-state index contributed by atoms with van der Waals surface area (Å²) in [6, 6.07) is 8.53. The average molecular weight is 345 g/mol. The molecule has 0 aliphatic carbocycles. The highest BCUT2D eigenvalue weighted by atomic mass is 79.9. The summed E-state index contributed by atoms with van der Waals surface area (Å²) < 4.78 is 2.12. The Bertz CT molecular complexity index is 375. The summed E-state index contributed by atoms with van der Waals surface area (Å²) in [6.45, 7) is 4.37. The number of nitriles is 1. The van der Waals surface area contributed by atoms with Gasteiger partial charge in [0.2, 0.25) is 0 Å². The topological polar surface area (TPSA) is 23.8 Å². The van der Waals surface area contributed by atoms with E-state index >= 15 is 0 Å². The number of halogens is 2. The van der Waals surface area contributed by atoms with Gasteiger partial charge in [0, 0.05) is 15.4 Å². The Hall–Kier alpha value is -0.330. The van der Waals surface area contributed by atoms with Crippen LogP contribution in [-0.2, 0) is 0 Å². The van der Waals surface area contributed by atoms with Crippen molar-refractivity contribution >= 4 is 31.9 Å². The Morgan fingerprint density at radius 1 is 1.25 bits per heavy atom. The highest BCUT2D eigenvalue weighted by Gasteiger charge is 2.18. The van der Waals surface area contributed by atoms with Gasteiger partial charge in [-0.15, -0.1) is 0 Å². The first-order chi connectivity index (χ1) is 7.58. The van der Waals surface area contributed by atoms with Crippen molar-refractivity contribution in [3.63, 3.8) is 0 Å². The second-order valence-corrected chi connectivity index (χ2v) is 5.89. The van der Waals surface area contributed by atoms with Gasteiger partial charge in [-0.25, -0.2) is 0 Å². The fourth-order valence-corrected chi connectivity index (χ4v) is 3.15. The van der Waals surface area contributed by atoms with Crippen molar-refractivity contribution in [3.8, 4) is 6.07 Å². The van der Waals surface area contributed by atoms with Crippen LogP contribution in [0.4, 0.5) is 0 Å². The zero-order valence-electron chi connectivity index (χ0n) is 9.50. The molecule has 1 nitrogen and oxygen atoms in total. The van der Waals surface area contributed by atoms with Crippen LogP contribution < -0.4 is 0 Å². The van der Waals surface area contributed by atoms with Crippen molar-refractivity contribution in [1.29, 1.82) is 5.26 Å². The Labute approximate surface area is 114 Å². The molecule has 0 radical (unpaired) electrons. The van der Waals surface area contributed by atoms with Gasteiger partial charge in [0.1, 0.15) is 0 Å². The summed E-state index contributed by atoms with van der Waals surface area (Å²) in [5.41, 5.74) is 1.23. The molecule has 0 aromatic heterocycles. The molecule has 16 heavy (non-hydrogen) atoms. The minimum Gasteiger partial charge on any atom is -0.198 e. The van der Waals surface area contributed by atoms with Crippen molar-refractivity contribution < 1.29 is 0 Å². The summed E-state index contributed by atoms with van der Waals surface area (Å²) in [6.07, 6.45) is 1.67. The van der Waals surface area contributed by atoms with Gasteiger partial charge in [-0.1, -0.05) is 52.1 Å². The first-order valence-corrected chi connectivity index (χ1v) is 7.00. The molecule has 0 N–H and O–H groups in total. The molecule has 0 aliphatic rings. The van der Waals surface area contributed by atoms with Crippen molar-refractivity contribution in [1.82, 2.24) is 0 Å². The SMILES string of the molecule is CCC(C)C(CC#N)c1cc(Br)cc(Br)c1. The van der Waals surface area contributed by atoms with Gasteiger partial charge in [-0.05, 0) is 35.6 Å². The van der Waals surface area contributed by atoms with E-state index in [0.717, 1.165) is 15.4 Å². The third-order valence-electron chi connectivity index (χ3n) is 2.96. The first-order valence-electron chi connectivity index (χ1n) is 5.41. The Balaban J connectivity index is 3.06. The third kappa shape index (κ3) is 3.61. The number of rotatable bonds is 4. The van der Waals surface area contributed by atoms with Gasteiger partial charge in [0.15, 0.2) is 0 Å². The molecular weight excluding hydrogens is 330 g/mol. The van der Waals surface area contributed by atoms with Crippen LogP contribution in [0.2, 0.25) is 0 Å². The summed E-state index contributed by atoms with van der Waals surface area (Å²) in [7, 11) is 0. The molecule has 2 atom stereocenters. The van der Waals surface area contributed by atoms with E-state index in [1.807, 2.05) is 6.07 Å². The fourth-order valence-electron chi connectivity index (χ4n) is 1.82. The Morgan fingerprint density at radius 2 is 1.81 bits per heavy atom. The summed E-state index contributed by atoms with van der Waals surface area (Å²) in [4.78, 5) is 0. The molecule has 1 aromatic rings. The number of nitrogens with zero attached hydrogens (tertiary/aromatic N) is 1. The smallest absolute Gasteiger partial charge is 0.0628 e. The lowest BCUT2D eigenvalue weighted by Gasteiger charge is -2.21. The van der Waals surface area contributed by atoms with Crippen LogP contribution in [0.5, 0.6) is 0 Å². The number of benzene rings is 1. The van der Waals surface area contributed by atoms with Crippen LogP contribution in [0.25, 0.3) is 0 Å². The lowest BCUT2D eigenvalue weighted by Crippen LogP contribution is -2.08. The fraction of sp³-hybridized carbons (Fsp3) is 0.462. The second-order valence-electron chi connectivity index (χ2n) is 4.06. The molecule has 2 unspecified atom stereocenters. The molecule has 3 heteroatoms. The zero-order chi connectivity index (χ0) is 12.1. The van der Waals surface area contributed by atoms with E-state index in [0.29, 0.717) is 18.3 Å². The quantitative estimate of drug-likeness (QED) is 0.731. The molecule has 1 rings (SSSR count). The summed E-state index contributed by atoms with van der Waals surface area (Å²) in [5.74, 6) is 0.852. The van der Waals surface area contributed by atoms with E-state index < -0.39 is 0 Å². The highest BCUT2D eigenvalue weighted by molar-refractivity contribution is 9.11. The highest BCUT2D eigenvalue weighted by Crippen LogP contribution is 2.33. The van der Waals surface area contributed by atoms with E-state index in [4.69, 9.17) is 5.26 Å². The van der Waals surface area contributed by atoms with Crippen LogP contribution in [0.15, 0.2) is 27.1 Å². The van der Waals surface area contributed by atoms with Crippen LogP contribution in [0.3, 0.4) is 0 Å². The van der Waals surface area contributed by atoms with Crippen LogP contribution >= 0.6 is 31.9 Å². The van der Waals surface area contributed by atoms with Crippen molar-refractivity contribution in [3.05, 3.63) is 32.7 Å². The van der Waals surface area contributed by atoms with E-state index in [2.05, 4.69) is 63.9 Å². The standard InChI is InChI=1S/C13H15Br2N/c1-3-9(2)13(4-5-16)10-6-11(14)8-12(15)7-10/h6-9,13H,3-4H2,1-2H3. The van der Waals surface area contributed by atoms with Gasteiger partial charge < -0.3 is 0 Å². The van der Waals surface area contributed by atoms with E-state index in [1.165, 1.54) is 5.56 Å². The Morgan fingerprint density at radius 3 is 2.25 bits per heavy atom. The monoisotopic (exact) mass is 343 g/mol. The maximum Gasteiger partial charge on any atom is 0.0628 e. The molecule has 0 amide bonds. The average Bonchev–Trinajstić information content (AvgIpc) is 2.23. The van der Waals surface area contributed by atoms with Crippen molar-refractivity contribution in [2.75, 3.05) is 0 Å². The predicted octanol–water partition coefficient (Wildman–Crippen LogP) is 5.25. The normalized spacial score (nSPS) is 14.2. The largest absolute Gasteiger partial charge is 0.198 e. The van der Waals surface area contributed by atoms with Gasteiger partial charge in [0.05, 0.1) is 6.07 Å². The lowest BCUT2D eigenvalue weighted by molar-refractivity contribution is 0.450. The molecule has 0 aliphatic heterocycles. The predicted molar refractivity (Wildman–Crippen MR) is 74.3 cm³/mol. The second kappa shape index (κ2) is 6.42. The number of hydrogen-bond acceptors (Lipinski definition) is 1. The number of hydrogen-bond donors (Lipinski definition) is 0. The Kier molecular flexibility index (Phi) is 5.51.